The van der Waals surface area contributed by atoms with E-state index in [0.29, 0.717) is 13.2 Å². The quantitative estimate of drug-likeness (QED) is 0.198. The number of aliphatic hydroxyl groups excluding tert-OH is 1. The van der Waals surface area contributed by atoms with Crippen molar-refractivity contribution < 1.29 is 9.84 Å². The van der Waals surface area contributed by atoms with Gasteiger partial charge in [0.05, 0.1) is 13.2 Å². The predicted octanol–water partition coefficient (Wildman–Crippen LogP) is 1.34. The molecule has 0 spiro atoms. The van der Waals surface area contributed by atoms with Crippen LogP contribution in [0.4, 0.5) is 0 Å². The lowest BCUT2D eigenvalue weighted by atomic mass is 9.84. The Balaban J connectivity index is 0.00000484. The first kappa shape index (κ1) is 22.9. The van der Waals surface area contributed by atoms with Crippen LogP contribution in [-0.2, 0) is 4.74 Å². The highest BCUT2D eigenvalue weighted by Gasteiger charge is 2.34. The maximum absolute atomic E-state index is 9.27. The molecule has 23 heavy (non-hydrogen) atoms. The Hall–Kier alpha value is -0.120. The molecule has 0 aliphatic carbocycles. The maximum atomic E-state index is 9.27. The molecule has 1 atom stereocenters. The molecule has 1 aliphatic heterocycles. The minimum Gasteiger partial charge on any atom is -0.396 e. The molecule has 7 heteroatoms. The fraction of sp³-hybridized carbons (Fsp3) is 0.938. The summed E-state index contributed by atoms with van der Waals surface area (Å²) in [5, 5.41) is 19.3. The summed E-state index contributed by atoms with van der Waals surface area (Å²) < 4.78 is 5.51. The molecular weight excluding hydrogens is 407 g/mol. The molecule has 0 aromatic heterocycles. The Labute approximate surface area is 158 Å². The molecule has 1 saturated heterocycles. The molecule has 1 unspecified atom stereocenters. The molecule has 1 rings (SSSR count). The van der Waals surface area contributed by atoms with Crippen molar-refractivity contribution >= 4 is 29.9 Å². The number of rotatable bonds is 8. The van der Waals surface area contributed by atoms with Crippen LogP contribution < -0.4 is 16.0 Å². The smallest absolute Gasteiger partial charge is 0.191 e. The van der Waals surface area contributed by atoms with E-state index < -0.39 is 0 Å². The van der Waals surface area contributed by atoms with Gasteiger partial charge < -0.3 is 25.8 Å². The van der Waals surface area contributed by atoms with Gasteiger partial charge in [-0.25, -0.2) is 0 Å². The van der Waals surface area contributed by atoms with Gasteiger partial charge in [-0.1, -0.05) is 0 Å². The second kappa shape index (κ2) is 11.4. The molecule has 1 heterocycles. The lowest BCUT2D eigenvalue weighted by molar-refractivity contribution is 0.131. The van der Waals surface area contributed by atoms with Crippen LogP contribution in [0.15, 0.2) is 4.99 Å². The molecule has 1 fully saturated rings. The Morgan fingerprint density at radius 3 is 2.52 bits per heavy atom. The summed E-state index contributed by atoms with van der Waals surface area (Å²) >= 11 is 0. The third kappa shape index (κ3) is 9.69. The van der Waals surface area contributed by atoms with Crippen molar-refractivity contribution in [2.45, 2.75) is 46.1 Å². The van der Waals surface area contributed by atoms with E-state index >= 15 is 0 Å². The number of aliphatic hydroxyl groups is 1. The van der Waals surface area contributed by atoms with E-state index in [1.807, 2.05) is 0 Å². The molecule has 1 aliphatic rings. The summed E-state index contributed by atoms with van der Waals surface area (Å²) in [6, 6.07) is 0. The summed E-state index contributed by atoms with van der Waals surface area (Å²) in [6.07, 6.45) is 1.73. The zero-order chi connectivity index (χ0) is 16.5. The van der Waals surface area contributed by atoms with E-state index in [4.69, 9.17) is 9.73 Å². The number of nitrogens with zero attached hydrogens (tertiary/aromatic N) is 1. The van der Waals surface area contributed by atoms with Crippen molar-refractivity contribution in [3.05, 3.63) is 0 Å². The molecule has 4 N–H and O–H groups in total. The van der Waals surface area contributed by atoms with Crippen LogP contribution in [-0.4, -0.2) is 62.6 Å². The van der Waals surface area contributed by atoms with Gasteiger partial charge in [0.1, 0.15) is 0 Å². The summed E-state index contributed by atoms with van der Waals surface area (Å²) in [7, 11) is 0. The van der Waals surface area contributed by atoms with Crippen molar-refractivity contribution in [2.75, 3.05) is 46.0 Å². The van der Waals surface area contributed by atoms with Crippen LogP contribution >= 0.6 is 24.0 Å². The number of hydrogen-bond acceptors (Lipinski definition) is 4. The first-order valence-corrected chi connectivity index (χ1v) is 8.37. The average Bonchev–Trinajstić information content (AvgIpc) is 2.89. The molecule has 0 aromatic carbocycles. The number of aliphatic imine (C=N–C) groups is 1. The first-order chi connectivity index (χ1) is 10.4. The molecule has 0 radical (unpaired) electrons. The molecule has 0 bridgehead atoms. The molecule has 0 amide bonds. The van der Waals surface area contributed by atoms with Crippen molar-refractivity contribution in [3.63, 3.8) is 0 Å². The van der Waals surface area contributed by atoms with Gasteiger partial charge in [0, 0.05) is 43.8 Å². The van der Waals surface area contributed by atoms with E-state index in [1.165, 1.54) is 0 Å². The van der Waals surface area contributed by atoms with Crippen LogP contribution in [0.2, 0.25) is 0 Å². The number of nitrogens with one attached hydrogen (secondary N) is 3. The third-order valence-corrected chi connectivity index (χ3v) is 3.82. The van der Waals surface area contributed by atoms with Gasteiger partial charge in [0.25, 0.3) is 0 Å². The van der Waals surface area contributed by atoms with Crippen LogP contribution in [0.1, 0.15) is 40.5 Å². The lowest BCUT2D eigenvalue weighted by Gasteiger charge is -2.25. The predicted molar refractivity (Wildman–Crippen MR) is 107 cm³/mol. The lowest BCUT2D eigenvalue weighted by Crippen LogP contribution is -2.45. The first-order valence-electron chi connectivity index (χ1n) is 8.37. The zero-order valence-electron chi connectivity index (χ0n) is 15.1. The summed E-state index contributed by atoms with van der Waals surface area (Å²) in [4.78, 5) is 4.70. The average molecular weight is 442 g/mol. The maximum Gasteiger partial charge on any atom is 0.191 e. The number of hydrogen-bond donors (Lipinski definition) is 4. The van der Waals surface area contributed by atoms with Gasteiger partial charge in [-0.2, -0.15) is 0 Å². The Bertz CT molecular complexity index is 339. The molecule has 0 aromatic rings. The van der Waals surface area contributed by atoms with Gasteiger partial charge in [0.2, 0.25) is 0 Å². The van der Waals surface area contributed by atoms with Gasteiger partial charge in [-0.15, -0.1) is 24.0 Å². The minimum atomic E-state index is 0. The van der Waals surface area contributed by atoms with E-state index in [0.717, 1.165) is 45.0 Å². The second-order valence-electron chi connectivity index (χ2n) is 7.07. The number of guanidine groups is 1. The highest BCUT2D eigenvalue weighted by molar-refractivity contribution is 14.0. The fourth-order valence-corrected chi connectivity index (χ4v) is 2.49. The number of ether oxygens (including phenoxy) is 1. The van der Waals surface area contributed by atoms with Crippen LogP contribution in [0, 0.1) is 5.41 Å². The SMILES string of the molecule is CCNC(=NCC1(CCO)CCOC1)NCCNC(C)(C)C.I. The topological polar surface area (TPSA) is 77.9 Å². The van der Waals surface area contributed by atoms with Gasteiger partial charge in [-0.05, 0) is 40.5 Å². The minimum absolute atomic E-state index is 0. The Morgan fingerprint density at radius 1 is 1.26 bits per heavy atom. The van der Waals surface area contributed by atoms with Crippen molar-refractivity contribution in [1.29, 1.82) is 0 Å². The van der Waals surface area contributed by atoms with E-state index in [9.17, 15) is 5.11 Å². The van der Waals surface area contributed by atoms with Crippen molar-refractivity contribution in [1.82, 2.24) is 16.0 Å². The van der Waals surface area contributed by atoms with Crippen LogP contribution in [0.25, 0.3) is 0 Å². The number of halogens is 1. The largest absolute Gasteiger partial charge is 0.396 e. The van der Waals surface area contributed by atoms with Crippen LogP contribution in [0.5, 0.6) is 0 Å². The summed E-state index contributed by atoms with van der Waals surface area (Å²) in [5.41, 5.74) is 0.129. The van der Waals surface area contributed by atoms with Gasteiger partial charge in [0.15, 0.2) is 5.96 Å². The third-order valence-electron chi connectivity index (χ3n) is 3.82. The molecule has 0 saturated carbocycles. The molecule has 6 nitrogen and oxygen atoms in total. The Morgan fingerprint density at radius 2 is 2.00 bits per heavy atom. The normalized spacial score (nSPS) is 21.9. The van der Waals surface area contributed by atoms with Crippen LogP contribution in [0.3, 0.4) is 0 Å². The monoisotopic (exact) mass is 442 g/mol. The van der Waals surface area contributed by atoms with E-state index in [2.05, 4.69) is 43.6 Å². The molecule has 138 valence electrons. The van der Waals surface area contributed by atoms with Gasteiger partial charge >= 0.3 is 0 Å². The highest BCUT2D eigenvalue weighted by atomic mass is 127. The summed E-state index contributed by atoms with van der Waals surface area (Å²) in [5.74, 6) is 0.836. The second-order valence-corrected chi connectivity index (χ2v) is 7.07. The van der Waals surface area contributed by atoms with E-state index in [1.54, 1.807) is 0 Å². The standard InChI is InChI=1S/C16H34N4O2.HI/c1-5-17-14(18-8-9-20-15(2,3)4)19-12-16(6-10-21)7-11-22-13-16;/h20-21H,5-13H2,1-4H3,(H2,17,18,19);1H. The fourth-order valence-electron chi connectivity index (χ4n) is 2.49. The molecular formula is C16H35IN4O2. The highest BCUT2D eigenvalue weighted by Crippen LogP contribution is 2.32. The van der Waals surface area contributed by atoms with Crippen molar-refractivity contribution in [3.8, 4) is 0 Å². The van der Waals surface area contributed by atoms with Crippen molar-refractivity contribution in [2.24, 2.45) is 10.4 Å². The Kier molecular flexibility index (Phi) is 11.4. The van der Waals surface area contributed by atoms with Gasteiger partial charge in [-0.3, -0.25) is 4.99 Å². The zero-order valence-corrected chi connectivity index (χ0v) is 17.4. The van der Waals surface area contributed by atoms with E-state index in [-0.39, 0.29) is 41.5 Å². The summed E-state index contributed by atoms with van der Waals surface area (Å²) in [6.45, 7) is 13.4.